The fourth-order valence-corrected chi connectivity index (χ4v) is 3.12. The fourth-order valence-electron chi connectivity index (χ4n) is 3.12. The molecule has 2 unspecified atom stereocenters. The van der Waals surface area contributed by atoms with E-state index in [0.29, 0.717) is 6.04 Å². The molecule has 0 spiro atoms. The molecule has 0 amide bonds. The summed E-state index contributed by atoms with van der Waals surface area (Å²) < 4.78 is 0. The van der Waals surface area contributed by atoms with E-state index in [0.717, 1.165) is 13.0 Å². The van der Waals surface area contributed by atoms with Gasteiger partial charge in [0.05, 0.1) is 6.10 Å². The maximum Gasteiger partial charge on any atom is 0.0746 e. The van der Waals surface area contributed by atoms with E-state index in [-0.39, 0.29) is 11.5 Å². The van der Waals surface area contributed by atoms with Gasteiger partial charge < -0.3 is 10.4 Å². The van der Waals surface area contributed by atoms with Crippen LogP contribution in [-0.4, -0.2) is 23.8 Å². The lowest BCUT2D eigenvalue weighted by atomic mass is 9.69. The Labute approximate surface area is 87.1 Å². The van der Waals surface area contributed by atoms with Crippen LogP contribution in [0.15, 0.2) is 0 Å². The van der Waals surface area contributed by atoms with Crippen molar-refractivity contribution in [2.45, 2.75) is 64.0 Å². The minimum atomic E-state index is -0.120. The van der Waals surface area contributed by atoms with Gasteiger partial charge in [-0.1, -0.05) is 26.2 Å². The van der Waals surface area contributed by atoms with Crippen LogP contribution in [0.5, 0.6) is 0 Å². The van der Waals surface area contributed by atoms with Gasteiger partial charge in [0.25, 0.3) is 0 Å². The SMILES string of the molecule is CC1(C(O)C2CCCN2)CCCCC1. The first-order valence-corrected chi connectivity index (χ1v) is 6.14. The van der Waals surface area contributed by atoms with Gasteiger partial charge in [0, 0.05) is 6.04 Å². The summed E-state index contributed by atoms with van der Waals surface area (Å²) in [6, 6.07) is 0.373. The first kappa shape index (κ1) is 10.4. The fraction of sp³-hybridized carbons (Fsp3) is 1.00. The summed E-state index contributed by atoms with van der Waals surface area (Å²) >= 11 is 0. The van der Waals surface area contributed by atoms with Crippen molar-refractivity contribution in [2.75, 3.05) is 6.54 Å². The zero-order valence-electron chi connectivity index (χ0n) is 9.26. The van der Waals surface area contributed by atoms with Crippen molar-refractivity contribution in [3.63, 3.8) is 0 Å². The van der Waals surface area contributed by atoms with Crippen LogP contribution in [0, 0.1) is 5.41 Å². The van der Waals surface area contributed by atoms with Crippen molar-refractivity contribution >= 4 is 0 Å². The third-order valence-corrected chi connectivity index (χ3v) is 4.19. The molecule has 0 bridgehead atoms. The minimum absolute atomic E-state index is 0.120. The van der Waals surface area contributed by atoms with Crippen molar-refractivity contribution in [1.82, 2.24) is 5.32 Å². The molecule has 2 N–H and O–H groups in total. The summed E-state index contributed by atoms with van der Waals surface area (Å²) in [6.07, 6.45) is 8.68. The van der Waals surface area contributed by atoms with Crippen LogP contribution in [0.25, 0.3) is 0 Å². The van der Waals surface area contributed by atoms with Crippen LogP contribution >= 0.6 is 0 Å². The number of rotatable bonds is 2. The maximum atomic E-state index is 10.4. The highest BCUT2D eigenvalue weighted by atomic mass is 16.3. The third kappa shape index (κ3) is 1.96. The van der Waals surface area contributed by atoms with Gasteiger partial charge in [-0.3, -0.25) is 0 Å². The van der Waals surface area contributed by atoms with Crippen LogP contribution in [0.1, 0.15) is 51.9 Å². The molecule has 0 radical (unpaired) electrons. The molecule has 0 aromatic rings. The molecule has 2 aliphatic rings. The normalized spacial score (nSPS) is 34.3. The summed E-state index contributed by atoms with van der Waals surface area (Å²) in [7, 11) is 0. The van der Waals surface area contributed by atoms with Crippen molar-refractivity contribution in [3.05, 3.63) is 0 Å². The molecule has 1 aliphatic heterocycles. The molecule has 2 heteroatoms. The Balaban J connectivity index is 1.96. The lowest BCUT2D eigenvalue weighted by molar-refractivity contribution is -0.0119. The summed E-state index contributed by atoms with van der Waals surface area (Å²) in [5.74, 6) is 0. The van der Waals surface area contributed by atoms with E-state index in [4.69, 9.17) is 0 Å². The average Bonchev–Trinajstić information content (AvgIpc) is 2.70. The van der Waals surface area contributed by atoms with Crippen molar-refractivity contribution < 1.29 is 5.11 Å². The highest BCUT2D eigenvalue weighted by molar-refractivity contribution is 4.93. The number of hydrogen-bond acceptors (Lipinski definition) is 2. The van der Waals surface area contributed by atoms with Crippen LogP contribution in [-0.2, 0) is 0 Å². The zero-order valence-corrected chi connectivity index (χ0v) is 9.26. The molecule has 0 aromatic carbocycles. The second-order valence-electron chi connectivity index (χ2n) is 5.36. The Kier molecular flexibility index (Phi) is 3.13. The van der Waals surface area contributed by atoms with Crippen molar-refractivity contribution in [2.24, 2.45) is 5.41 Å². The third-order valence-electron chi connectivity index (χ3n) is 4.19. The standard InChI is InChI=1S/C12H23NO/c1-12(7-3-2-4-8-12)11(14)10-6-5-9-13-10/h10-11,13-14H,2-9H2,1H3. The first-order chi connectivity index (χ1) is 6.72. The lowest BCUT2D eigenvalue weighted by Crippen LogP contribution is -2.46. The molecule has 1 heterocycles. The molecule has 1 saturated carbocycles. The molecule has 14 heavy (non-hydrogen) atoms. The Morgan fingerprint density at radius 2 is 1.93 bits per heavy atom. The summed E-state index contributed by atoms with van der Waals surface area (Å²) in [5, 5.41) is 13.8. The van der Waals surface area contributed by atoms with Crippen LogP contribution < -0.4 is 5.32 Å². The second kappa shape index (κ2) is 4.19. The van der Waals surface area contributed by atoms with Crippen LogP contribution in [0.4, 0.5) is 0 Å². The number of nitrogens with one attached hydrogen (secondary N) is 1. The average molecular weight is 197 g/mol. The van der Waals surface area contributed by atoms with Gasteiger partial charge in [0.2, 0.25) is 0 Å². The lowest BCUT2D eigenvalue weighted by Gasteiger charge is -2.40. The van der Waals surface area contributed by atoms with Gasteiger partial charge in [0.15, 0.2) is 0 Å². The summed E-state index contributed by atoms with van der Waals surface area (Å²) in [6.45, 7) is 3.37. The summed E-state index contributed by atoms with van der Waals surface area (Å²) in [4.78, 5) is 0. The van der Waals surface area contributed by atoms with E-state index in [1.807, 2.05) is 0 Å². The highest BCUT2D eigenvalue weighted by Gasteiger charge is 2.39. The van der Waals surface area contributed by atoms with Gasteiger partial charge in [-0.15, -0.1) is 0 Å². The molecular formula is C12H23NO. The van der Waals surface area contributed by atoms with E-state index in [1.54, 1.807) is 0 Å². The van der Waals surface area contributed by atoms with Gasteiger partial charge in [0.1, 0.15) is 0 Å². The minimum Gasteiger partial charge on any atom is -0.391 e. The molecular weight excluding hydrogens is 174 g/mol. The van der Waals surface area contributed by atoms with Crippen molar-refractivity contribution in [1.29, 1.82) is 0 Å². The van der Waals surface area contributed by atoms with E-state index in [2.05, 4.69) is 12.2 Å². The molecule has 2 fully saturated rings. The molecule has 2 rings (SSSR count). The molecule has 82 valence electrons. The Morgan fingerprint density at radius 3 is 2.50 bits per heavy atom. The van der Waals surface area contributed by atoms with Crippen LogP contribution in [0.3, 0.4) is 0 Å². The molecule has 2 nitrogen and oxygen atoms in total. The largest absolute Gasteiger partial charge is 0.391 e. The molecule has 2 atom stereocenters. The predicted molar refractivity (Wildman–Crippen MR) is 58.2 cm³/mol. The topological polar surface area (TPSA) is 32.3 Å². The molecule has 1 aliphatic carbocycles. The molecule has 1 saturated heterocycles. The van der Waals surface area contributed by atoms with E-state index < -0.39 is 0 Å². The van der Waals surface area contributed by atoms with E-state index >= 15 is 0 Å². The molecule has 0 aromatic heterocycles. The number of aliphatic hydroxyl groups excluding tert-OH is 1. The van der Waals surface area contributed by atoms with Gasteiger partial charge in [-0.05, 0) is 37.6 Å². The predicted octanol–water partition coefficient (Wildman–Crippen LogP) is 2.07. The number of aliphatic hydroxyl groups is 1. The van der Waals surface area contributed by atoms with Crippen LogP contribution in [0.2, 0.25) is 0 Å². The second-order valence-corrected chi connectivity index (χ2v) is 5.36. The van der Waals surface area contributed by atoms with E-state index in [9.17, 15) is 5.11 Å². The quantitative estimate of drug-likeness (QED) is 0.710. The van der Waals surface area contributed by atoms with Crippen molar-refractivity contribution in [3.8, 4) is 0 Å². The maximum absolute atomic E-state index is 10.4. The van der Waals surface area contributed by atoms with E-state index in [1.165, 1.54) is 38.5 Å². The van der Waals surface area contributed by atoms with Gasteiger partial charge >= 0.3 is 0 Å². The monoisotopic (exact) mass is 197 g/mol. The van der Waals surface area contributed by atoms with Gasteiger partial charge in [-0.25, -0.2) is 0 Å². The zero-order chi connectivity index (χ0) is 10.0. The van der Waals surface area contributed by atoms with Gasteiger partial charge in [-0.2, -0.15) is 0 Å². The number of hydrogen-bond donors (Lipinski definition) is 2. The summed E-state index contributed by atoms with van der Waals surface area (Å²) in [5.41, 5.74) is 0.195. The Morgan fingerprint density at radius 1 is 1.21 bits per heavy atom. The Hall–Kier alpha value is -0.0800. The first-order valence-electron chi connectivity index (χ1n) is 6.14. The highest BCUT2D eigenvalue weighted by Crippen LogP contribution is 2.40. The smallest absolute Gasteiger partial charge is 0.0746 e. The Bertz CT molecular complexity index is 181.